The van der Waals surface area contributed by atoms with Gasteiger partial charge in [-0.05, 0) is 37.8 Å². The molecule has 2 heterocycles. The first-order valence-electron chi connectivity index (χ1n) is 7.23. The lowest BCUT2D eigenvalue weighted by Gasteiger charge is -2.17. The van der Waals surface area contributed by atoms with Gasteiger partial charge in [0, 0.05) is 24.7 Å². The Hall–Kier alpha value is -1.62. The Bertz CT molecular complexity index is 676. The first-order chi connectivity index (χ1) is 9.81. The summed E-state index contributed by atoms with van der Waals surface area (Å²) in [5.41, 5.74) is 8.81. The van der Waals surface area contributed by atoms with E-state index in [2.05, 4.69) is 18.8 Å². The molecule has 5 heteroatoms. The molecular formula is C16H23N3OS. The smallest absolute Gasteiger partial charge is 0.265 e. The van der Waals surface area contributed by atoms with Crippen molar-refractivity contribution in [3.05, 3.63) is 22.2 Å². The van der Waals surface area contributed by atoms with Gasteiger partial charge in [-0.25, -0.2) is 4.98 Å². The van der Waals surface area contributed by atoms with Gasteiger partial charge in [0.1, 0.15) is 9.71 Å². The third-order valence-electron chi connectivity index (χ3n) is 3.61. The Balaban J connectivity index is 2.36. The molecule has 0 bridgehead atoms. The Morgan fingerprint density at radius 1 is 1.43 bits per heavy atom. The van der Waals surface area contributed by atoms with Gasteiger partial charge in [0.05, 0.1) is 5.69 Å². The summed E-state index contributed by atoms with van der Waals surface area (Å²) in [7, 11) is 1.83. The van der Waals surface area contributed by atoms with Crippen LogP contribution >= 0.6 is 11.3 Å². The van der Waals surface area contributed by atoms with Gasteiger partial charge in [0.25, 0.3) is 5.91 Å². The van der Waals surface area contributed by atoms with E-state index in [1.165, 1.54) is 11.3 Å². The fourth-order valence-corrected chi connectivity index (χ4v) is 3.57. The van der Waals surface area contributed by atoms with Crippen molar-refractivity contribution >= 4 is 33.1 Å². The predicted octanol–water partition coefficient (Wildman–Crippen LogP) is 3.61. The first kappa shape index (κ1) is 15.8. The normalized spacial score (nSPS) is 11.3. The lowest BCUT2D eigenvalue weighted by Crippen LogP contribution is -2.28. The second-order valence-corrected chi connectivity index (χ2v) is 7.01. The van der Waals surface area contributed by atoms with Crippen LogP contribution in [0.2, 0.25) is 0 Å². The lowest BCUT2D eigenvalue weighted by molar-refractivity contribution is 0.0795. The summed E-state index contributed by atoms with van der Waals surface area (Å²) in [5, 5.41) is 0.922. The molecule has 2 aromatic rings. The van der Waals surface area contributed by atoms with E-state index in [0.29, 0.717) is 16.5 Å². The summed E-state index contributed by atoms with van der Waals surface area (Å²) in [6, 6.07) is 2.00. The number of hydrogen-bond acceptors (Lipinski definition) is 4. The molecule has 0 spiro atoms. The molecule has 0 saturated carbocycles. The largest absolute Gasteiger partial charge is 0.397 e. The molecule has 4 nitrogen and oxygen atoms in total. The minimum Gasteiger partial charge on any atom is -0.397 e. The van der Waals surface area contributed by atoms with Crippen molar-refractivity contribution < 1.29 is 4.79 Å². The number of pyridine rings is 1. The topological polar surface area (TPSA) is 59.2 Å². The van der Waals surface area contributed by atoms with Gasteiger partial charge in [0.15, 0.2) is 0 Å². The average molecular weight is 305 g/mol. The van der Waals surface area contributed by atoms with E-state index >= 15 is 0 Å². The summed E-state index contributed by atoms with van der Waals surface area (Å²) in [5.74, 6) is 0.569. The van der Waals surface area contributed by atoms with Crippen LogP contribution in [-0.4, -0.2) is 29.4 Å². The van der Waals surface area contributed by atoms with Gasteiger partial charge >= 0.3 is 0 Å². The Labute approximate surface area is 130 Å². The highest BCUT2D eigenvalue weighted by molar-refractivity contribution is 7.21. The van der Waals surface area contributed by atoms with Gasteiger partial charge in [-0.3, -0.25) is 4.79 Å². The molecule has 0 radical (unpaired) electrons. The van der Waals surface area contributed by atoms with Crippen LogP contribution in [0.1, 0.15) is 41.2 Å². The molecule has 0 fully saturated rings. The van der Waals surface area contributed by atoms with Gasteiger partial charge < -0.3 is 10.6 Å². The number of anilines is 1. The average Bonchev–Trinajstić information content (AvgIpc) is 2.72. The van der Waals surface area contributed by atoms with Crippen molar-refractivity contribution in [3.8, 4) is 0 Å². The minimum absolute atomic E-state index is 0.00629. The van der Waals surface area contributed by atoms with Crippen LogP contribution in [0.4, 0.5) is 5.69 Å². The molecule has 0 aliphatic rings. The van der Waals surface area contributed by atoms with E-state index in [0.717, 1.165) is 34.4 Å². The molecule has 2 rings (SSSR count). The molecule has 21 heavy (non-hydrogen) atoms. The zero-order chi connectivity index (χ0) is 15.7. The molecule has 2 N–H and O–H groups in total. The molecule has 0 aliphatic carbocycles. The highest BCUT2D eigenvalue weighted by atomic mass is 32.1. The van der Waals surface area contributed by atoms with Crippen LogP contribution in [0.3, 0.4) is 0 Å². The first-order valence-corrected chi connectivity index (χ1v) is 8.04. The monoisotopic (exact) mass is 305 g/mol. The molecule has 0 atom stereocenters. The summed E-state index contributed by atoms with van der Waals surface area (Å²) in [6.07, 6.45) is 0.990. The second-order valence-electron chi connectivity index (χ2n) is 6.01. The van der Waals surface area contributed by atoms with E-state index in [1.807, 2.05) is 27.0 Å². The molecule has 0 unspecified atom stereocenters. The van der Waals surface area contributed by atoms with E-state index in [1.54, 1.807) is 4.90 Å². The van der Waals surface area contributed by atoms with Crippen molar-refractivity contribution in [1.29, 1.82) is 0 Å². The highest BCUT2D eigenvalue weighted by Crippen LogP contribution is 2.35. The minimum atomic E-state index is -0.00629. The quantitative estimate of drug-likeness (QED) is 0.938. The van der Waals surface area contributed by atoms with Crippen molar-refractivity contribution in [2.24, 2.45) is 5.92 Å². The number of hydrogen-bond donors (Lipinski definition) is 1. The number of fused-ring (bicyclic) bond motifs is 1. The maximum Gasteiger partial charge on any atom is 0.265 e. The zero-order valence-electron chi connectivity index (χ0n) is 13.4. The standard InChI is InChI=1S/C16H23N3OS/c1-9(2)6-7-19(5)16(20)14-13(17)12-10(3)8-11(4)18-15(12)21-14/h8-9H,6-7,17H2,1-5H3. The number of carbonyl (C=O) groups excluding carboxylic acids is 1. The van der Waals surface area contributed by atoms with Gasteiger partial charge in [-0.2, -0.15) is 0 Å². The van der Waals surface area contributed by atoms with Crippen LogP contribution in [0.5, 0.6) is 0 Å². The van der Waals surface area contributed by atoms with E-state index < -0.39 is 0 Å². The van der Waals surface area contributed by atoms with Gasteiger partial charge in [-0.15, -0.1) is 11.3 Å². The van der Waals surface area contributed by atoms with Crippen LogP contribution in [-0.2, 0) is 0 Å². The molecule has 0 aliphatic heterocycles. The summed E-state index contributed by atoms with van der Waals surface area (Å²) in [6.45, 7) is 9.02. The number of nitrogens with two attached hydrogens (primary N) is 1. The Morgan fingerprint density at radius 3 is 2.71 bits per heavy atom. The molecule has 0 saturated heterocycles. The molecule has 114 valence electrons. The maximum absolute atomic E-state index is 12.6. The van der Waals surface area contributed by atoms with Crippen LogP contribution in [0.25, 0.3) is 10.2 Å². The third-order valence-corrected chi connectivity index (χ3v) is 4.69. The maximum atomic E-state index is 12.6. The van der Waals surface area contributed by atoms with E-state index in [4.69, 9.17) is 5.73 Å². The van der Waals surface area contributed by atoms with Gasteiger partial charge in [0.2, 0.25) is 0 Å². The number of amides is 1. The fraction of sp³-hybridized carbons (Fsp3) is 0.500. The number of carbonyl (C=O) groups is 1. The van der Waals surface area contributed by atoms with E-state index in [9.17, 15) is 4.79 Å². The third kappa shape index (κ3) is 3.18. The summed E-state index contributed by atoms with van der Waals surface area (Å²) < 4.78 is 0. The molecule has 2 aromatic heterocycles. The number of nitrogen functional groups attached to an aromatic ring is 1. The van der Waals surface area contributed by atoms with Gasteiger partial charge in [-0.1, -0.05) is 13.8 Å². The molecule has 1 amide bonds. The summed E-state index contributed by atoms with van der Waals surface area (Å²) >= 11 is 1.40. The van der Waals surface area contributed by atoms with E-state index in [-0.39, 0.29) is 5.91 Å². The number of rotatable bonds is 4. The van der Waals surface area contributed by atoms with Crippen molar-refractivity contribution in [2.75, 3.05) is 19.3 Å². The highest BCUT2D eigenvalue weighted by Gasteiger charge is 2.21. The summed E-state index contributed by atoms with van der Waals surface area (Å²) in [4.78, 5) is 20.3. The SMILES string of the molecule is Cc1cc(C)c2c(N)c(C(=O)N(C)CCC(C)C)sc2n1. The Kier molecular flexibility index (Phi) is 4.52. The lowest BCUT2D eigenvalue weighted by atomic mass is 10.1. The van der Waals surface area contributed by atoms with Crippen LogP contribution < -0.4 is 5.73 Å². The molecule has 0 aromatic carbocycles. The second kappa shape index (κ2) is 6.02. The predicted molar refractivity (Wildman–Crippen MR) is 89.9 cm³/mol. The number of thiophene rings is 1. The fourth-order valence-electron chi connectivity index (χ4n) is 2.35. The van der Waals surface area contributed by atoms with Crippen LogP contribution in [0, 0.1) is 19.8 Å². The Morgan fingerprint density at radius 2 is 2.10 bits per heavy atom. The molecular weight excluding hydrogens is 282 g/mol. The van der Waals surface area contributed by atoms with Crippen molar-refractivity contribution in [1.82, 2.24) is 9.88 Å². The van der Waals surface area contributed by atoms with Crippen molar-refractivity contribution in [3.63, 3.8) is 0 Å². The number of aryl methyl sites for hydroxylation is 2. The zero-order valence-corrected chi connectivity index (χ0v) is 14.2. The van der Waals surface area contributed by atoms with Crippen LogP contribution in [0.15, 0.2) is 6.07 Å². The number of aromatic nitrogens is 1. The van der Waals surface area contributed by atoms with Crippen molar-refractivity contribution in [2.45, 2.75) is 34.1 Å². The number of nitrogens with zero attached hydrogens (tertiary/aromatic N) is 2.